The number of aromatic nitrogens is 3. The predicted molar refractivity (Wildman–Crippen MR) is 205 cm³/mol. The van der Waals surface area contributed by atoms with Crippen molar-refractivity contribution in [1.29, 1.82) is 0 Å². The molecule has 2 heterocycles. The van der Waals surface area contributed by atoms with E-state index in [4.69, 9.17) is 9.97 Å². The quantitative estimate of drug-likeness (QED) is 0.183. The molecule has 8 aromatic carbocycles. The third-order valence-corrected chi connectivity index (χ3v) is 9.85. The fourth-order valence-electron chi connectivity index (χ4n) is 7.66. The van der Waals surface area contributed by atoms with E-state index in [0.29, 0.717) is 0 Å². The highest BCUT2D eigenvalue weighted by molar-refractivity contribution is 6.23. The molecule has 10 aromatic rings. The van der Waals surface area contributed by atoms with E-state index < -0.39 is 0 Å². The van der Waals surface area contributed by atoms with E-state index in [2.05, 4.69) is 174 Å². The zero-order valence-electron chi connectivity index (χ0n) is 26.6. The van der Waals surface area contributed by atoms with Crippen molar-refractivity contribution < 1.29 is 0 Å². The van der Waals surface area contributed by atoms with Gasteiger partial charge in [0.1, 0.15) is 0 Å². The topological polar surface area (TPSA) is 30.7 Å². The molecule has 0 unspecified atom stereocenters. The second-order valence-electron chi connectivity index (χ2n) is 12.6. The van der Waals surface area contributed by atoms with Crippen molar-refractivity contribution in [2.75, 3.05) is 0 Å². The van der Waals surface area contributed by atoms with Gasteiger partial charge in [-0.05, 0) is 63.4 Å². The molecule has 0 fully saturated rings. The maximum Gasteiger partial charge on any atom is 0.0979 e. The average Bonchev–Trinajstić information content (AvgIpc) is 3.52. The molecule has 0 aliphatic carbocycles. The van der Waals surface area contributed by atoms with Crippen LogP contribution in [0.15, 0.2) is 176 Å². The molecule has 0 saturated carbocycles. The summed E-state index contributed by atoms with van der Waals surface area (Å²) < 4.78 is 2.36. The third kappa shape index (κ3) is 4.29. The summed E-state index contributed by atoms with van der Waals surface area (Å²) in [5, 5.41) is 7.11. The molecular formula is C46H29N3. The second-order valence-corrected chi connectivity index (χ2v) is 12.6. The average molecular weight is 624 g/mol. The molecule has 10 rings (SSSR count). The fourth-order valence-corrected chi connectivity index (χ4v) is 7.66. The first-order chi connectivity index (χ1) is 24.3. The molecule has 0 radical (unpaired) electrons. The summed E-state index contributed by atoms with van der Waals surface area (Å²) >= 11 is 0. The summed E-state index contributed by atoms with van der Waals surface area (Å²) in [7, 11) is 0. The summed E-state index contributed by atoms with van der Waals surface area (Å²) in [6, 6.07) is 60.5. The smallest absolute Gasteiger partial charge is 0.0979 e. The van der Waals surface area contributed by atoms with Crippen LogP contribution in [0.4, 0.5) is 0 Å². The number of fused-ring (bicyclic) bond motifs is 9. The lowest BCUT2D eigenvalue weighted by Gasteiger charge is -2.15. The predicted octanol–water partition coefficient (Wildman–Crippen LogP) is 12.0. The minimum atomic E-state index is 0.861. The van der Waals surface area contributed by atoms with Gasteiger partial charge < -0.3 is 4.57 Å². The second kappa shape index (κ2) is 11.0. The van der Waals surface area contributed by atoms with Gasteiger partial charge in [-0.1, -0.05) is 140 Å². The van der Waals surface area contributed by atoms with Crippen LogP contribution in [0.2, 0.25) is 0 Å². The zero-order chi connectivity index (χ0) is 32.3. The summed E-state index contributed by atoms with van der Waals surface area (Å²) in [6.45, 7) is 0. The normalized spacial score (nSPS) is 11.7. The number of hydrogen-bond acceptors (Lipinski definition) is 2. The Bertz CT molecular complexity index is 2850. The standard InChI is InChI=1S/C46H29N3/c1-2-14-31(15-3-1)49-43-25-13-12-22-38(43)41-28-30(26-27-44(41)49)32-16-4-5-17-33(32)34-18-6-9-21-37(34)42-29-47-45-39-23-10-7-19-35(39)36-20-8-11-24-40(36)46(45)48-42/h1-29H. The molecule has 0 N–H and O–H groups in total. The summed E-state index contributed by atoms with van der Waals surface area (Å²) in [5.74, 6) is 0. The van der Waals surface area contributed by atoms with E-state index in [1.54, 1.807) is 0 Å². The van der Waals surface area contributed by atoms with Crippen molar-refractivity contribution in [3.63, 3.8) is 0 Å². The van der Waals surface area contributed by atoms with Gasteiger partial charge in [-0.25, -0.2) is 4.98 Å². The molecule has 0 aliphatic rings. The van der Waals surface area contributed by atoms with Crippen molar-refractivity contribution >= 4 is 54.4 Å². The van der Waals surface area contributed by atoms with Crippen molar-refractivity contribution in [2.45, 2.75) is 0 Å². The Balaban J connectivity index is 1.17. The van der Waals surface area contributed by atoms with Crippen LogP contribution < -0.4 is 0 Å². The number of benzene rings is 8. The van der Waals surface area contributed by atoms with Gasteiger partial charge in [0, 0.05) is 32.8 Å². The Morgan fingerprint density at radius 3 is 1.63 bits per heavy atom. The minimum absolute atomic E-state index is 0.861. The molecule has 3 heteroatoms. The first-order valence-corrected chi connectivity index (χ1v) is 16.7. The van der Waals surface area contributed by atoms with Crippen LogP contribution >= 0.6 is 0 Å². The first-order valence-electron chi connectivity index (χ1n) is 16.7. The lowest BCUT2D eigenvalue weighted by Crippen LogP contribution is -1.95. The molecule has 0 saturated heterocycles. The molecule has 49 heavy (non-hydrogen) atoms. The number of nitrogens with zero attached hydrogens (tertiary/aromatic N) is 3. The lowest BCUT2D eigenvalue weighted by atomic mass is 9.90. The van der Waals surface area contributed by atoms with Crippen LogP contribution in [-0.4, -0.2) is 14.5 Å². The van der Waals surface area contributed by atoms with Crippen molar-refractivity contribution in [3.8, 4) is 39.2 Å². The van der Waals surface area contributed by atoms with Gasteiger partial charge in [-0.2, -0.15) is 0 Å². The highest BCUT2D eigenvalue weighted by Gasteiger charge is 2.18. The third-order valence-electron chi connectivity index (χ3n) is 9.85. The summed E-state index contributed by atoms with van der Waals surface area (Å²) in [6.07, 6.45) is 1.94. The maximum absolute atomic E-state index is 5.35. The molecule has 2 aromatic heterocycles. The van der Waals surface area contributed by atoms with Gasteiger partial charge in [-0.15, -0.1) is 0 Å². The molecule has 0 amide bonds. The Labute approximate surface area is 283 Å². The molecule has 0 atom stereocenters. The Hall–Kier alpha value is -6.58. The van der Waals surface area contributed by atoms with Crippen LogP contribution in [0.3, 0.4) is 0 Å². The van der Waals surface area contributed by atoms with Gasteiger partial charge in [0.25, 0.3) is 0 Å². The Morgan fingerprint density at radius 2 is 0.898 bits per heavy atom. The zero-order valence-corrected chi connectivity index (χ0v) is 26.6. The molecule has 3 nitrogen and oxygen atoms in total. The molecule has 228 valence electrons. The molecule has 0 aliphatic heterocycles. The van der Waals surface area contributed by atoms with Gasteiger partial charge >= 0.3 is 0 Å². The highest BCUT2D eigenvalue weighted by atomic mass is 15.0. The van der Waals surface area contributed by atoms with Gasteiger partial charge in [0.15, 0.2) is 0 Å². The number of para-hydroxylation sites is 2. The molecule has 0 spiro atoms. The van der Waals surface area contributed by atoms with Crippen molar-refractivity contribution in [1.82, 2.24) is 14.5 Å². The Kier molecular flexibility index (Phi) is 6.18. The van der Waals surface area contributed by atoms with E-state index in [0.717, 1.165) is 49.9 Å². The van der Waals surface area contributed by atoms with E-state index in [-0.39, 0.29) is 0 Å². The fraction of sp³-hybridized carbons (Fsp3) is 0. The van der Waals surface area contributed by atoms with Crippen molar-refractivity contribution in [3.05, 3.63) is 176 Å². The van der Waals surface area contributed by atoms with Gasteiger partial charge in [0.2, 0.25) is 0 Å². The number of hydrogen-bond donors (Lipinski definition) is 0. The minimum Gasteiger partial charge on any atom is -0.309 e. The highest BCUT2D eigenvalue weighted by Crippen LogP contribution is 2.41. The van der Waals surface area contributed by atoms with E-state index >= 15 is 0 Å². The number of rotatable bonds is 4. The van der Waals surface area contributed by atoms with Crippen LogP contribution in [0.25, 0.3) is 93.6 Å². The van der Waals surface area contributed by atoms with Crippen LogP contribution in [0.1, 0.15) is 0 Å². The van der Waals surface area contributed by atoms with E-state index in [1.807, 2.05) is 6.20 Å². The lowest BCUT2D eigenvalue weighted by molar-refractivity contribution is 1.18. The van der Waals surface area contributed by atoms with Crippen LogP contribution in [0, 0.1) is 0 Å². The Morgan fingerprint density at radius 1 is 0.367 bits per heavy atom. The first kappa shape index (κ1) is 27.5. The summed E-state index contributed by atoms with van der Waals surface area (Å²) in [5.41, 5.74) is 12.0. The van der Waals surface area contributed by atoms with Gasteiger partial charge in [0.05, 0.1) is 34.0 Å². The van der Waals surface area contributed by atoms with E-state index in [9.17, 15) is 0 Å². The van der Waals surface area contributed by atoms with Crippen LogP contribution in [0.5, 0.6) is 0 Å². The largest absolute Gasteiger partial charge is 0.309 e. The monoisotopic (exact) mass is 623 g/mol. The van der Waals surface area contributed by atoms with E-state index in [1.165, 1.54) is 43.7 Å². The molecule has 0 bridgehead atoms. The van der Waals surface area contributed by atoms with Gasteiger partial charge in [-0.3, -0.25) is 4.98 Å². The summed E-state index contributed by atoms with van der Waals surface area (Å²) in [4.78, 5) is 10.4. The molecular weight excluding hydrogens is 595 g/mol. The van der Waals surface area contributed by atoms with Crippen LogP contribution in [-0.2, 0) is 0 Å². The van der Waals surface area contributed by atoms with Crippen molar-refractivity contribution in [2.24, 2.45) is 0 Å². The SMILES string of the molecule is c1ccc(-n2c3ccccc3c3cc(-c4ccccc4-c4ccccc4-c4cnc5c6ccccc6c6ccccc6c5n4)ccc32)cc1. The maximum atomic E-state index is 5.35.